The normalized spacial score (nSPS) is 14.5. The average molecular weight is 331 g/mol. The Hall–Kier alpha value is -2.37. The van der Waals surface area contributed by atoms with Crippen molar-refractivity contribution in [1.29, 1.82) is 0 Å². The lowest BCUT2D eigenvalue weighted by atomic mass is 10.1. The smallest absolute Gasteiger partial charge is 0.242 e. The van der Waals surface area contributed by atoms with E-state index in [9.17, 15) is 14.4 Å². The van der Waals surface area contributed by atoms with Gasteiger partial charge in [-0.15, -0.1) is 0 Å². The van der Waals surface area contributed by atoms with Crippen LogP contribution in [-0.2, 0) is 14.4 Å². The van der Waals surface area contributed by atoms with Crippen LogP contribution in [0.3, 0.4) is 0 Å². The largest absolute Gasteiger partial charge is 0.339 e. The second-order valence-electron chi connectivity index (χ2n) is 6.23. The topological polar surface area (TPSA) is 60.9 Å². The number of carbonyl (C=O) groups is 3. The van der Waals surface area contributed by atoms with Crippen molar-refractivity contribution in [2.45, 2.75) is 27.7 Å². The zero-order valence-electron chi connectivity index (χ0n) is 14.8. The Balaban J connectivity index is 2.10. The lowest BCUT2D eigenvalue weighted by molar-refractivity contribution is -0.137. The maximum Gasteiger partial charge on any atom is 0.242 e. The first-order valence-corrected chi connectivity index (χ1v) is 8.19. The summed E-state index contributed by atoms with van der Waals surface area (Å²) in [5, 5.41) is 0. The first-order chi connectivity index (χ1) is 11.3. The summed E-state index contributed by atoms with van der Waals surface area (Å²) in [6.07, 6.45) is 0. The van der Waals surface area contributed by atoms with E-state index in [1.165, 1.54) is 13.8 Å². The first kappa shape index (κ1) is 18.0. The third kappa shape index (κ3) is 3.93. The van der Waals surface area contributed by atoms with Crippen LogP contribution < -0.4 is 4.90 Å². The zero-order chi connectivity index (χ0) is 17.9. The van der Waals surface area contributed by atoms with Gasteiger partial charge in [-0.05, 0) is 25.0 Å². The van der Waals surface area contributed by atoms with Crippen LogP contribution in [0.25, 0.3) is 0 Å². The molecule has 1 aliphatic heterocycles. The number of aryl methyl sites for hydroxylation is 2. The molecular weight excluding hydrogens is 306 g/mol. The van der Waals surface area contributed by atoms with Crippen molar-refractivity contribution in [3.05, 3.63) is 29.3 Å². The molecule has 24 heavy (non-hydrogen) atoms. The number of rotatable bonds is 3. The van der Waals surface area contributed by atoms with Gasteiger partial charge in [0.15, 0.2) is 0 Å². The van der Waals surface area contributed by atoms with Gasteiger partial charge in [-0.25, -0.2) is 0 Å². The Labute approximate surface area is 143 Å². The predicted molar refractivity (Wildman–Crippen MR) is 92.8 cm³/mol. The van der Waals surface area contributed by atoms with Gasteiger partial charge in [-0.2, -0.15) is 0 Å². The molecule has 0 N–H and O–H groups in total. The van der Waals surface area contributed by atoms with Gasteiger partial charge in [-0.1, -0.05) is 18.2 Å². The molecule has 0 saturated carbocycles. The van der Waals surface area contributed by atoms with Crippen LogP contribution in [0.2, 0.25) is 0 Å². The molecule has 130 valence electrons. The molecule has 1 saturated heterocycles. The van der Waals surface area contributed by atoms with Crippen molar-refractivity contribution in [2.75, 3.05) is 37.6 Å². The third-order valence-corrected chi connectivity index (χ3v) is 4.46. The molecule has 1 aliphatic rings. The summed E-state index contributed by atoms with van der Waals surface area (Å²) in [6, 6.07) is 5.82. The van der Waals surface area contributed by atoms with Crippen molar-refractivity contribution in [3.8, 4) is 0 Å². The molecule has 1 heterocycles. The van der Waals surface area contributed by atoms with Crippen molar-refractivity contribution < 1.29 is 14.4 Å². The van der Waals surface area contributed by atoms with Crippen molar-refractivity contribution in [1.82, 2.24) is 9.80 Å². The van der Waals surface area contributed by atoms with Crippen LogP contribution in [0.4, 0.5) is 5.69 Å². The van der Waals surface area contributed by atoms with Crippen molar-refractivity contribution >= 4 is 23.4 Å². The number of hydrogen-bond acceptors (Lipinski definition) is 3. The Bertz CT molecular complexity index is 629. The number of benzene rings is 1. The lowest BCUT2D eigenvalue weighted by Crippen LogP contribution is -2.52. The van der Waals surface area contributed by atoms with Crippen LogP contribution in [0.5, 0.6) is 0 Å². The predicted octanol–water partition coefficient (Wildman–Crippen LogP) is 1.35. The molecular formula is C18H25N3O3. The Morgan fingerprint density at radius 2 is 1.46 bits per heavy atom. The summed E-state index contributed by atoms with van der Waals surface area (Å²) in [7, 11) is 0. The van der Waals surface area contributed by atoms with Gasteiger partial charge in [0.05, 0.1) is 5.69 Å². The lowest BCUT2D eigenvalue weighted by Gasteiger charge is -2.35. The fraction of sp³-hybridized carbons (Fsp3) is 0.500. The van der Waals surface area contributed by atoms with Gasteiger partial charge in [0.2, 0.25) is 17.7 Å². The van der Waals surface area contributed by atoms with Gasteiger partial charge < -0.3 is 14.7 Å². The molecule has 3 amide bonds. The molecule has 1 fully saturated rings. The van der Waals surface area contributed by atoms with E-state index in [0.717, 1.165) is 16.8 Å². The van der Waals surface area contributed by atoms with Crippen LogP contribution in [-0.4, -0.2) is 60.2 Å². The van der Waals surface area contributed by atoms with Gasteiger partial charge in [0, 0.05) is 40.0 Å². The molecule has 2 rings (SSSR count). The van der Waals surface area contributed by atoms with Crippen LogP contribution >= 0.6 is 0 Å². The highest BCUT2D eigenvalue weighted by Crippen LogP contribution is 2.24. The minimum absolute atomic E-state index is 0.0289. The van der Waals surface area contributed by atoms with E-state index in [1.807, 2.05) is 32.0 Å². The number of hydrogen-bond donors (Lipinski definition) is 0. The summed E-state index contributed by atoms with van der Waals surface area (Å²) in [5.74, 6) is -0.206. The molecule has 6 heteroatoms. The maximum atomic E-state index is 12.6. The van der Waals surface area contributed by atoms with Gasteiger partial charge in [0.1, 0.15) is 6.54 Å². The molecule has 0 unspecified atom stereocenters. The van der Waals surface area contributed by atoms with E-state index < -0.39 is 0 Å². The molecule has 1 aromatic rings. The highest BCUT2D eigenvalue weighted by Gasteiger charge is 2.26. The van der Waals surface area contributed by atoms with Crippen LogP contribution in [0, 0.1) is 13.8 Å². The number of nitrogens with zero attached hydrogens (tertiary/aromatic N) is 3. The van der Waals surface area contributed by atoms with Gasteiger partial charge in [0.25, 0.3) is 0 Å². The summed E-state index contributed by atoms with van der Waals surface area (Å²) in [6.45, 7) is 9.04. The summed E-state index contributed by atoms with van der Waals surface area (Å²) in [5.41, 5.74) is 2.75. The fourth-order valence-electron chi connectivity index (χ4n) is 3.09. The number of anilines is 1. The molecule has 0 atom stereocenters. The minimum atomic E-state index is -0.150. The Morgan fingerprint density at radius 1 is 0.958 bits per heavy atom. The van der Waals surface area contributed by atoms with Crippen LogP contribution in [0.15, 0.2) is 18.2 Å². The second-order valence-corrected chi connectivity index (χ2v) is 6.23. The summed E-state index contributed by atoms with van der Waals surface area (Å²) in [4.78, 5) is 41.1. The van der Waals surface area contributed by atoms with E-state index in [4.69, 9.17) is 0 Å². The number of para-hydroxylation sites is 1. The highest BCUT2D eigenvalue weighted by atomic mass is 16.2. The molecule has 0 spiro atoms. The van der Waals surface area contributed by atoms with Crippen molar-refractivity contribution in [2.24, 2.45) is 0 Å². The summed E-state index contributed by atoms with van der Waals surface area (Å²) < 4.78 is 0. The van der Waals surface area contributed by atoms with E-state index in [-0.39, 0.29) is 24.3 Å². The van der Waals surface area contributed by atoms with Crippen LogP contribution in [0.1, 0.15) is 25.0 Å². The second kappa shape index (κ2) is 7.47. The SMILES string of the molecule is CC(=O)N1CCN(C(=O)CN(C(C)=O)c2c(C)cccc2C)CC1. The molecule has 0 aromatic heterocycles. The van der Waals surface area contributed by atoms with Crippen molar-refractivity contribution in [3.63, 3.8) is 0 Å². The highest BCUT2D eigenvalue weighted by molar-refractivity contribution is 5.98. The van der Waals surface area contributed by atoms with E-state index in [1.54, 1.807) is 14.7 Å². The van der Waals surface area contributed by atoms with Gasteiger partial charge in [-0.3, -0.25) is 14.4 Å². The zero-order valence-corrected chi connectivity index (χ0v) is 14.8. The standard InChI is InChI=1S/C18H25N3O3/c1-13-6-5-7-14(2)18(13)21(16(4)23)12-17(24)20-10-8-19(9-11-20)15(3)22/h5-7H,8-12H2,1-4H3. The van der Waals surface area contributed by atoms with E-state index >= 15 is 0 Å². The average Bonchev–Trinajstić information content (AvgIpc) is 2.53. The molecule has 1 aromatic carbocycles. The molecule has 0 radical (unpaired) electrons. The first-order valence-electron chi connectivity index (χ1n) is 8.19. The number of carbonyl (C=O) groups excluding carboxylic acids is 3. The Morgan fingerprint density at radius 3 is 1.92 bits per heavy atom. The quantitative estimate of drug-likeness (QED) is 0.840. The molecule has 6 nitrogen and oxygen atoms in total. The Kier molecular flexibility index (Phi) is 5.59. The molecule has 0 aliphatic carbocycles. The number of piperazine rings is 1. The third-order valence-electron chi connectivity index (χ3n) is 4.46. The fourth-order valence-corrected chi connectivity index (χ4v) is 3.09. The molecule has 0 bridgehead atoms. The monoisotopic (exact) mass is 331 g/mol. The maximum absolute atomic E-state index is 12.6. The van der Waals surface area contributed by atoms with E-state index in [2.05, 4.69) is 0 Å². The van der Waals surface area contributed by atoms with E-state index in [0.29, 0.717) is 26.2 Å². The number of amides is 3. The minimum Gasteiger partial charge on any atom is -0.339 e. The van der Waals surface area contributed by atoms with Gasteiger partial charge >= 0.3 is 0 Å². The summed E-state index contributed by atoms with van der Waals surface area (Å²) >= 11 is 0.